The van der Waals surface area contributed by atoms with Crippen LogP contribution in [0.1, 0.15) is 0 Å². The van der Waals surface area contributed by atoms with E-state index in [4.69, 9.17) is 0 Å². The average Bonchev–Trinajstić information content (AvgIpc) is 2.06. The van der Waals surface area contributed by atoms with Crippen molar-refractivity contribution in [2.24, 2.45) is 0 Å². The molecule has 5 heteroatoms. The monoisotopic (exact) mass is 190 g/mol. The first-order valence-corrected chi connectivity index (χ1v) is 4.94. The van der Waals surface area contributed by atoms with E-state index in [-0.39, 0.29) is 18.9 Å². The molecule has 0 spiro atoms. The van der Waals surface area contributed by atoms with Gasteiger partial charge in [-0.1, -0.05) is 24.8 Å². The molecule has 0 heterocycles. The van der Waals surface area contributed by atoms with Gasteiger partial charge in [-0.25, -0.2) is 0 Å². The van der Waals surface area contributed by atoms with Crippen LogP contribution in [0.3, 0.4) is 0 Å². The molecule has 13 heavy (non-hydrogen) atoms. The molecule has 1 rings (SSSR count). The van der Waals surface area contributed by atoms with Gasteiger partial charge in [-0.3, -0.25) is 4.57 Å². The summed E-state index contributed by atoms with van der Waals surface area (Å²) in [7, 11) is -3.88. The number of benzene rings is 1. The van der Waals surface area contributed by atoms with E-state index in [2.05, 4.69) is 11.1 Å². The van der Waals surface area contributed by atoms with Gasteiger partial charge in [0, 0.05) is 0 Å². The van der Waals surface area contributed by atoms with E-state index in [1.54, 1.807) is 30.3 Å². The molecular formula is C8H8LiO3P. The van der Waals surface area contributed by atoms with Crippen LogP contribution < -0.4 is 28.3 Å². The van der Waals surface area contributed by atoms with E-state index in [0.29, 0.717) is 5.75 Å². The van der Waals surface area contributed by atoms with E-state index in [9.17, 15) is 9.46 Å². The Morgan fingerprint density at radius 1 is 1.38 bits per heavy atom. The molecule has 1 aromatic rings. The second kappa shape index (κ2) is 5.31. The predicted octanol–water partition coefficient (Wildman–Crippen LogP) is -1.23. The molecule has 0 aliphatic heterocycles. The van der Waals surface area contributed by atoms with Crippen molar-refractivity contribution in [1.82, 2.24) is 0 Å². The summed E-state index contributed by atoms with van der Waals surface area (Å²) in [5.41, 5.74) is 0. The molecule has 0 bridgehead atoms. The Bertz CT molecular complexity index is 312. The van der Waals surface area contributed by atoms with Crippen molar-refractivity contribution >= 4 is 7.60 Å². The summed E-state index contributed by atoms with van der Waals surface area (Å²) in [6, 6.07) is 8.29. The molecule has 1 aromatic carbocycles. The Morgan fingerprint density at radius 3 is 2.38 bits per heavy atom. The van der Waals surface area contributed by atoms with Crippen LogP contribution in [0.25, 0.3) is 0 Å². The van der Waals surface area contributed by atoms with Gasteiger partial charge in [-0.05, 0) is 17.9 Å². The number of rotatable bonds is 3. The smallest absolute Gasteiger partial charge is 0.766 e. The summed E-state index contributed by atoms with van der Waals surface area (Å²) in [6.45, 7) is 3.13. The van der Waals surface area contributed by atoms with E-state index in [0.717, 1.165) is 5.82 Å². The van der Waals surface area contributed by atoms with Crippen LogP contribution in [-0.2, 0) is 4.57 Å². The van der Waals surface area contributed by atoms with Crippen LogP contribution in [0.2, 0.25) is 0 Å². The van der Waals surface area contributed by atoms with Crippen molar-refractivity contribution in [3.63, 3.8) is 0 Å². The SMILES string of the molecule is C=CP(=O)([O-])Oc1ccccc1.[Li+]. The average molecular weight is 190 g/mol. The molecule has 0 amide bonds. The van der Waals surface area contributed by atoms with Gasteiger partial charge >= 0.3 is 18.9 Å². The Kier molecular flexibility index (Phi) is 5.13. The van der Waals surface area contributed by atoms with Crippen LogP contribution in [0.5, 0.6) is 5.75 Å². The summed E-state index contributed by atoms with van der Waals surface area (Å²) in [4.78, 5) is 10.9. The molecular weight excluding hydrogens is 182 g/mol. The standard InChI is InChI=1S/C8H9O3P.Li/c1-2-12(9,10)11-8-6-4-3-5-7-8;/h2-7H,1H2,(H,9,10);/q;+1/p-1. The second-order valence-corrected chi connectivity index (χ2v) is 3.75. The van der Waals surface area contributed by atoms with Gasteiger partial charge in [-0.2, -0.15) is 0 Å². The third-order valence-corrected chi connectivity index (χ3v) is 2.11. The van der Waals surface area contributed by atoms with Gasteiger partial charge in [-0.15, -0.1) is 0 Å². The Labute approximate surface area is 89.1 Å². The maximum Gasteiger partial charge on any atom is 1.00 e. The van der Waals surface area contributed by atoms with Gasteiger partial charge in [0.05, 0.1) is 0 Å². The van der Waals surface area contributed by atoms with Gasteiger partial charge in [0.2, 0.25) is 7.60 Å². The second-order valence-electron chi connectivity index (χ2n) is 2.13. The molecule has 1 atom stereocenters. The molecule has 0 saturated carbocycles. The summed E-state index contributed by atoms with van der Waals surface area (Å²) in [5.74, 6) is 1.09. The van der Waals surface area contributed by atoms with Crippen molar-refractivity contribution in [1.29, 1.82) is 0 Å². The van der Waals surface area contributed by atoms with Crippen molar-refractivity contribution in [3.05, 3.63) is 42.7 Å². The minimum atomic E-state index is -3.88. The van der Waals surface area contributed by atoms with Gasteiger partial charge in [0.1, 0.15) is 5.75 Å². The van der Waals surface area contributed by atoms with Gasteiger partial charge in [0.25, 0.3) is 0 Å². The molecule has 0 aromatic heterocycles. The summed E-state index contributed by atoms with van der Waals surface area (Å²) in [6.07, 6.45) is 0. The number of para-hydroxylation sites is 1. The number of hydrogen-bond donors (Lipinski definition) is 0. The minimum absolute atomic E-state index is 0. The summed E-state index contributed by atoms with van der Waals surface area (Å²) < 4.78 is 15.5. The van der Waals surface area contributed by atoms with E-state index < -0.39 is 7.60 Å². The quantitative estimate of drug-likeness (QED) is 0.442. The number of hydrogen-bond acceptors (Lipinski definition) is 3. The zero-order valence-electron chi connectivity index (χ0n) is 7.34. The van der Waals surface area contributed by atoms with Crippen LogP contribution in [0.4, 0.5) is 0 Å². The molecule has 0 aliphatic rings. The largest absolute Gasteiger partial charge is 1.00 e. The summed E-state index contributed by atoms with van der Waals surface area (Å²) in [5, 5.41) is 0. The fourth-order valence-electron chi connectivity index (χ4n) is 0.666. The normalized spacial score (nSPS) is 13.6. The molecule has 0 radical (unpaired) electrons. The van der Waals surface area contributed by atoms with Crippen molar-refractivity contribution in [2.75, 3.05) is 0 Å². The maximum atomic E-state index is 10.9. The Morgan fingerprint density at radius 2 is 1.92 bits per heavy atom. The van der Waals surface area contributed by atoms with Crippen molar-refractivity contribution in [2.45, 2.75) is 0 Å². The maximum absolute atomic E-state index is 10.9. The molecule has 0 saturated heterocycles. The van der Waals surface area contributed by atoms with E-state index in [1.807, 2.05) is 0 Å². The Balaban J connectivity index is 0.00000144. The molecule has 1 unspecified atom stereocenters. The van der Waals surface area contributed by atoms with Crippen molar-refractivity contribution < 1.29 is 32.8 Å². The summed E-state index contributed by atoms with van der Waals surface area (Å²) >= 11 is 0. The van der Waals surface area contributed by atoms with E-state index in [1.165, 1.54) is 0 Å². The first-order valence-electron chi connectivity index (χ1n) is 3.33. The molecule has 0 N–H and O–H groups in total. The molecule has 0 aliphatic carbocycles. The zero-order valence-corrected chi connectivity index (χ0v) is 8.24. The predicted molar refractivity (Wildman–Crippen MR) is 44.9 cm³/mol. The first-order chi connectivity index (χ1) is 5.64. The molecule has 0 fully saturated rings. The third-order valence-electron chi connectivity index (χ3n) is 1.20. The topological polar surface area (TPSA) is 49.4 Å². The van der Waals surface area contributed by atoms with Crippen LogP contribution >= 0.6 is 7.60 Å². The van der Waals surface area contributed by atoms with Crippen LogP contribution in [0, 0.1) is 0 Å². The molecule has 64 valence electrons. The van der Waals surface area contributed by atoms with E-state index >= 15 is 0 Å². The minimum Gasteiger partial charge on any atom is -0.766 e. The third kappa shape index (κ3) is 4.35. The van der Waals surface area contributed by atoms with Crippen LogP contribution in [-0.4, -0.2) is 0 Å². The van der Waals surface area contributed by atoms with Gasteiger partial charge in [0.15, 0.2) is 0 Å². The fourth-order valence-corrected chi connectivity index (χ4v) is 1.16. The Hall–Kier alpha value is -0.453. The first kappa shape index (κ1) is 12.5. The fraction of sp³-hybridized carbons (Fsp3) is 0. The van der Waals surface area contributed by atoms with Gasteiger partial charge < -0.3 is 9.42 Å². The zero-order chi connectivity index (χ0) is 9.03. The van der Waals surface area contributed by atoms with Crippen molar-refractivity contribution in [3.8, 4) is 5.75 Å². The van der Waals surface area contributed by atoms with Crippen LogP contribution in [0.15, 0.2) is 42.7 Å². The molecule has 3 nitrogen and oxygen atoms in total.